The van der Waals surface area contributed by atoms with Gasteiger partial charge in [0.15, 0.2) is 0 Å². The van der Waals surface area contributed by atoms with Crippen LogP contribution in [0.3, 0.4) is 0 Å². The van der Waals surface area contributed by atoms with E-state index in [1.807, 2.05) is 0 Å². The van der Waals surface area contributed by atoms with Crippen molar-refractivity contribution in [2.24, 2.45) is 0 Å². The summed E-state index contributed by atoms with van der Waals surface area (Å²) in [6, 6.07) is 1.54. The van der Waals surface area contributed by atoms with E-state index in [2.05, 4.69) is 9.97 Å². The molecule has 0 atom stereocenters. The van der Waals surface area contributed by atoms with E-state index in [-0.39, 0.29) is 62.5 Å². The topological polar surface area (TPSA) is 85.9 Å². The Morgan fingerprint density at radius 3 is 2.75 bits per heavy atom. The Labute approximate surface area is 138 Å². The summed E-state index contributed by atoms with van der Waals surface area (Å²) in [5.74, 6) is -2.88. The van der Waals surface area contributed by atoms with Crippen molar-refractivity contribution in [2.75, 3.05) is 0 Å². The van der Waals surface area contributed by atoms with E-state index in [4.69, 9.17) is 11.6 Å². The van der Waals surface area contributed by atoms with E-state index < -0.39 is 11.8 Å². The third-order valence-corrected chi connectivity index (χ3v) is 2.26. The number of rotatable bonds is 2. The largest absolute Gasteiger partial charge is 1.00 e. The summed E-state index contributed by atoms with van der Waals surface area (Å²) in [5.41, 5.74) is 0.618. The molecule has 0 saturated carbocycles. The number of carbonyl (C=O) groups excluding carboxylic acids is 2. The van der Waals surface area contributed by atoms with Crippen LogP contribution in [0.15, 0.2) is 18.5 Å². The van der Waals surface area contributed by atoms with Crippen LogP contribution < -0.4 is 56.5 Å². The quantitative estimate of drug-likeness (QED) is 0.359. The van der Waals surface area contributed by atoms with Gasteiger partial charge in [-0.3, -0.25) is 9.78 Å². The molecule has 76 valence electrons. The van der Waals surface area contributed by atoms with Gasteiger partial charge in [-0.25, -0.2) is 0 Å². The second-order valence-corrected chi connectivity index (χ2v) is 3.24. The number of H-pyrrole nitrogens is 1. The molecule has 5 nitrogen and oxygen atoms in total. The number of pyridine rings is 1. The number of aromatic nitrogens is 2. The van der Waals surface area contributed by atoms with Crippen molar-refractivity contribution in [3.63, 3.8) is 0 Å². The zero-order valence-corrected chi connectivity index (χ0v) is 12.2. The molecule has 0 saturated heterocycles. The van der Waals surface area contributed by atoms with Gasteiger partial charge in [0.2, 0.25) is 5.78 Å². The molecule has 7 heteroatoms. The van der Waals surface area contributed by atoms with Gasteiger partial charge >= 0.3 is 51.4 Å². The van der Waals surface area contributed by atoms with Crippen LogP contribution in [0.5, 0.6) is 0 Å². The van der Waals surface area contributed by atoms with Crippen molar-refractivity contribution in [1.29, 1.82) is 0 Å². The van der Waals surface area contributed by atoms with E-state index in [0.29, 0.717) is 10.5 Å². The first-order valence-electron chi connectivity index (χ1n) is 3.98. The fourth-order valence-corrected chi connectivity index (χ4v) is 1.48. The van der Waals surface area contributed by atoms with Gasteiger partial charge in [0.1, 0.15) is 11.5 Å². The van der Waals surface area contributed by atoms with E-state index in [1.165, 1.54) is 18.5 Å². The molecule has 0 fully saturated rings. The third-order valence-electron chi connectivity index (χ3n) is 1.95. The van der Waals surface area contributed by atoms with Gasteiger partial charge in [-0.15, -0.1) is 0 Å². The molecule has 0 bridgehead atoms. The third kappa shape index (κ3) is 2.37. The molecule has 0 aliphatic rings. The first kappa shape index (κ1) is 13.8. The molecular formula is C9H4ClKN2O3. The number of aliphatic carboxylic acids is 1. The Morgan fingerprint density at radius 1 is 1.44 bits per heavy atom. The van der Waals surface area contributed by atoms with Crippen molar-refractivity contribution in [3.05, 3.63) is 29.0 Å². The molecule has 0 radical (unpaired) electrons. The van der Waals surface area contributed by atoms with Crippen molar-refractivity contribution >= 4 is 34.4 Å². The molecule has 0 unspecified atom stereocenters. The number of carboxylic acids is 1. The summed E-state index contributed by atoms with van der Waals surface area (Å²) in [5, 5.41) is 10.8. The van der Waals surface area contributed by atoms with Gasteiger partial charge in [0, 0.05) is 12.4 Å². The monoisotopic (exact) mass is 262 g/mol. The molecule has 16 heavy (non-hydrogen) atoms. The van der Waals surface area contributed by atoms with E-state index in [1.54, 1.807) is 0 Å². The van der Waals surface area contributed by atoms with Crippen LogP contribution in [0.2, 0.25) is 5.02 Å². The van der Waals surface area contributed by atoms with E-state index in [0.717, 1.165) is 0 Å². The number of nitrogens with one attached hydrogen (secondary N) is 1. The SMILES string of the molecule is O=C([O-])C(=O)c1c[nH]c2c(Cl)ccnc12.[K+]. The number of ketones is 1. The Morgan fingerprint density at radius 2 is 2.12 bits per heavy atom. The average Bonchev–Trinajstić information content (AvgIpc) is 2.61. The maximum atomic E-state index is 11.2. The minimum atomic E-state index is -1.77. The summed E-state index contributed by atoms with van der Waals surface area (Å²) in [6.07, 6.45) is 2.65. The first-order chi connectivity index (χ1) is 7.11. The van der Waals surface area contributed by atoms with Crippen molar-refractivity contribution in [1.82, 2.24) is 9.97 Å². The van der Waals surface area contributed by atoms with Gasteiger partial charge in [-0.05, 0) is 6.07 Å². The van der Waals surface area contributed by atoms with Crippen LogP contribution in [0.4, 0.5) is 0 Å². The molecule has 0 aliphatic carbocycles. The van der Waals surface area contributed by atoms with Crippen LogP contribution >= 0.6 is 11.6 Å². The standard InChI is InChI=1S/C9H5ClN2O3.K/c10-5-1-2-11-6-4(3-12-7(5)6)8(13)9(14)15;/h1-3,12H,(H,14,15);/q;+1/p-1. The summed E-state index contributed by atoms with van der Waals surface area (Å²) >= 11 is 5.81. The number of carboxylic acid groups (broad SMARTS) is 1. The predicted octanol–water partition coefficient (Wildman–Crippen LogP) is -2.85. The summed E-state index contributed by atoms with van der Waals surface area (Å²) < 4.78 is 0. The molecule has 0 aromatic carbocycles. The van der Waals surface area contributed by atoms with Crippen LogP contribution in [0.1, 0.15) is 10.4 Å². The van der Waals surface area contributed by atoms with Gasteiger partial charge in [-0.2, -0.15) is 0 Å². The van der Waals surface area contributed by atoms with E-state index >= 15 is 0 Å². The number of fused-ring (bicyclic) bond motifs is 1. The Balaban J connectivity index is 0.00000128. The Bertz CT molecular complexity index is 567. The molecule has 2 aromatic rings. The average molecular weight is 263 g/mol. The minimum absolute atomic E-state index is 0. The molecule has 0 aliphatic heterocycles. The number of halogens is 1. The second-order valence-electron chi connectivity index (χ2n) is 2.84. The normalized spacial score (nSPS) is 9.81. The number of hydrogen-bond acceptors (Lipinski definition) is 4. The van der Waals surface area contributed by atoms with Crippen LogP contribution in [-0.4, -0.2) is 21.7 Å². The number of carbonyl (C=O) groups is 2. The Hall–Kier alpha value is -0.244. The van der Waals surface area contributed by atoms with E-state index in [9.17, 15) is 14.7 Å². The number of hydrogen-bond donors (Lipinski definition) is 1. The van der Waals surface area contributed by atoms with Gasteiger partial charge in [0.25, 0.3) is 0 Å². The first-order valence-corrected chi connectivity index (χ1v) is 4.36. The molecule has 0 amide bonds. The molecular weight excluding hydrogens is 259 g/mol. The Kier molecular flexibility index (Phi) is 4.66. The van der Waals surface area contributed by atoms with Crippen molar-refractivity contribution in [3.8, 4) is 0 Å². The summed E-state index contributed by atoms with van der Waals surface area (Å²) in [7, 11) is 0. The maximum Gasteiger partial charge on any atom is 1.00 e. The van der Waals surface area contributed by atoms with Gasteiger partial charge in [0.05, 0.1) is 16.1 Å². The van der Waals surface area contributed by atoms with Crippen molar-refractivity contribution < 1.29 is 66.1 Å². The molecule has 2 aromatic heterocycles. The van der Waals surface area contributed by atoms with Crippen LogP contribution in [0, 0.1) is 0 Å². The van der Waals surface area contributed by atoms with Gasteiger partial charge in [-0.1, -0.05) is 11.6 Å². The number of nitrogens with zero attached hydrogens (tertiary/aromatic N) is 1. The smallest absolute Gasteiger partial charge is 0.541 e. The zero-order chi connectivity index (χ0) is 11.0. The van der Waals surface area contributed by atoms with Crippen LogP contribution in [-0.2, 0) is 4.79 Å². The molecule has 2 heterocycles. The molecule has 2 rings (SSSR count). The minimum Gasteiger partial charge on any atom is -0.541 e. The molecule has 1 N–H and O–H groups in total. The fraction of sp³-hybridized carbons (Fsp3) is 0. The zero-order valence-electron chi connectivity index (χ0n) is 8.28. The van der Waals surface area contributed by atoms with Gasteiger partial charge < -0.3 is 14.9 Å². The second kappa shape index (κ2) is 5.39. The van der Waals surface area contributed by atoms with Crippen LogP contribution in [0.25, 0.3) is 11.0 Å². The molecule has 0 spiro atoms. The summed E-state index contributed by atoms with van der Waals surface area (Å²) in [6.45, 7) is 0. The summed E-state index contributed by atoms with van der Waals surface area (Å²) in [4.78, 5) is 28.1. The predicted molar refractivity (Wildman–Crippen MR) is 50.4 cm³/mol. The number of Topliss-reactive ketones (excluding diaryl/α,β-unsaturated/α-hetero) is 1. The maximum absolute atomic E-state index is 11.2. The fourth-order valence-electron chi connectivity index (χ4n) is 1.28. The van der Waals surface area contributed by atoms with Crippen molar-refractivity contribution in [2.45, 2.75) is 0 Å². The number of aromatic amines is 1.